The van der Waals surface area contributed by atoms with Crippen molar-refractivity contribution < 1.29 is 9.47 Å². The first-order valence-electron chi connectivity index (χ1n) is 7.42. The fraction of sp³-hybridized carbons (Fsp3) is 0.412. The highest BCUT2D eigenvalue weighted by atomic mass is 35.5. The maximum atomic E-state index is 6.11. The molecule has 0 radical (unpaired) electrons. The van der Waals surface area contributed by atoms with Crippen molar-refractivity contribution in [3.05, 3.63) is 40.6 Å². The lowest BCUT2D eigenvalue weighted by Crippen LogP contribution is -2.10. The van der Waals surface area contributed by atoms with Gasteiger partial charge in [-0.15, -0.1) is 0 Å². The SMILES string of the molecule is CCCOc1ccc(C2=NC(OC)=NC(Cl)=C(C)CC2)cc1. The molecule has 0 atom stereocenters. The lowest BCUT2D eigenvalue weighted by molar-refractivity contribution is 0.317. The van der Waals surface area contributed by atoms with Gasteiger partial charge in [-0.25, -0.2) is 0 Å². The van der Waals surface area contributed by atoms with E-state index in [4.69, 9.17) is 21.1 Å². The zero-order valence-electron chi connectivity index (χ0n) is 13.2. The summed E-state index contributed by atoms with van der Waals surface area (Å²) in [4.78, 5) is 8.68. The van der Waals surface area contributed by atoms with Crippen LogP contribution in [0.4, 0.5) is 0 Å². The minimum absolute atomic E-state index is 0.283. The van der Waals surface area contributed by atoms with Crippen LogP contribution in [-0.2, 0) is 4.74 Å². The molecule has 0 spiro atoms. The minimum Gasteiger partial charge on any atom is -0.494 e. The van der Waals surface area contributed by atoms with E-state index in [1.807, 2.05) is 31.2 Å². The number of nitrogens with zero attached hydrogens (tertiary/aromatic N) is 2. The number of hydrogen-bond acceptors (Lipinski definition) is 4. The summed E-state index contributed by atoms with van der Waals surface area (Å²) in [5.41, 5.74) is 3.01. The van der Waals surface area contributed by atoms with Crippen LogP contribution in [0.1, 0.15) is 38.7 Å². The zero-order valence-corrected chi connectivity index (χ0v) is 14.0. The molecule has 0 saturated heterocycles. The Labute approximate surface area is 136 Å². The monoisotopic (exact) mass is 320 g/mol. The van der Waals surface area contributed by atoms with Gasteiger partial charge < -0.3 is 9.47 Å². The molecule has 1 aliphatic heterocycles. The second-order valence-corrected chi connectivity index (χ2v) is 5.46. The van der Waals surface area contributed by atoms with Crippen LogP contribution in [0.25, 0.3) is 0 Å². The number of allylic oxidation sites excluding steroid dienone is 1. The van der Waals surface area contributed by atoms with Gasteiger partial charge in [0.1, 0.15) is 10.9 Å². The second-order valence-electron chi connectivity index (χ2n) is 5.10. The molecule has 0 fully saturated rings. The summed E-state index contributed by atoms with van der Waals surface area (Å²) in [6.45, 7) is 4.79. The summed E-state index contributed by atoms with van der Waals surface area (Å²) in [5.74, 6) is 0.872. The number of halogens is 1. The van der Waals surface area contributed by atoms with Gasteiger partial charge in [0, 0.05) is 0 Å². The Bertz CT molecular complexity index is 604. The summed E-state index contributed by atoms with van der Waals surface area (Å²) in [7, 11) is 1.54. The van der Waals surface area contributed by atoms with Crippen molar-refractivity contribution in [3.63, 3.8) is 0 Å². The molecule has 0 amide bonds. The summed E-state index contributed by atoms with van der Waals surface area (Å²) >= 11 is 6.11. The molecule has 2 rings (SSSR count). The number of methoxy groups -OCH3 is 1. The van der Waals surface area contributed by atoms with Gasteiger partial charge >= 0.3 is 6.02 Å². The van der Waals surface area contributed by atoms with Crippen LogP contribution in [0, 0.1) is 0 Å². The molecule has 0 unspecified atom stereocenters. The van der Waals surface area contributed by atoms with Crippen LogP contribution in [0.2, 0.25) is 0 Å². The molecule has 118 valence electrons. The van der Waals surface area contributed by atoms with Crippen molar-refractivity contribution in [1.82, 2.24) is 0 Å². The normalized spacial score (nSPS) is 15.6. The quantitative estimate of drug-likeness (QED) is 0.765. The average molecular weight is 321 g/mol. The van der Waals surface area contributed by atoms with Gasteiger partial charge in [-0.3, -0.25) is 0 Å². The third-order valence-electron chi connectivity index (χ3n) is 3.36. The number of aliphatic imine (C=N–C) groups is 2. The summed E-state index contributed by atoms with van der Waals surface area (Å²) in [6.07, 6.45) is 2.61. The Balaban J connectivity index is 2.24. The Morgan fingerprint density at radius 1 is 1.14 bits per heavy atom. The molecule has 1 aliphatic rings. The molecule has 0 aromatic heterocycles. The third kappa shape index (κ3) is 4.34. The molecule has 1 heterocycles. The molecular formula is C17H21ClN2O2. The van der Waals surface area contributed by atoms with E-state index >= 15 is 0 Å². The first kappa shape index (κ1) is 16.6. The van der Waals surface area contributed by atoms with Crippen LogP contribution in [-0.4, -0.2) is 25.5 Å². The van der Waals surface area contributed by atoms with E-state index in [-0.39, 0.29) is 6.02 Å². The van der Waals surface area contributed by atoms with Gasteiger partial charge in [-0.05, 0) is 61.6 Å². The van der Waals surface area contributed by atoms with Gasteiger partial charge in [0.05, 0.1) is 19.4 Å². The van der Waals surface area contributed by atoms with Gasteiger partial charge in [-0.1, -0.05) is 18.5 Å². The fourth-order valence-electron chi connectivity index (χ4n) is 2.05. The van der Waals surface area contributed by atoms with Gasteiger partial charge in [0.2, 0.25) is 0 Å². The van der Waals surface area contributed by atoms with Crippen LogP contribution in [0.15, 0.2) is 45.0 Å². The van der Waals surface area contributed by atoms with E-state index in [2.05, 4.69) is 16.9 Å². The fourth-order valence-corrected chi connectivity index (χ4v) is 2.22. The molecule has 22 heavy (non-hydrogen) atoms. The number of rotatable bonds is 4. The standard InChI is InChI=1S/C17H21ClN2O2/c1-4-11-22-14-8-6-13(7-9-14)15-10-5-12(2)16(18)20-17(19-15)21-3/h6-9H,4-5,10-11H2,1-3H3. The third-order valence-corrected chi connectivity index (χ3v) is 3.76. The Hall–Kier alpha value is -1.81. The average Bonchev–Trinajstić information content (AvgIpc) is 2.54. The molecule has 1 aromatic carbocycles. The Morgan fingerprint density at radius 3 is 2.50 bits per heavy atom. The Kier molecular flexibility index (Phi) is 6.01. The predicted molar refractivity (Wildman–Crippen MR) is 91.0 cm³/mol. The highest BCUT2D eigenvalue weighted by Crippen LogP contribution is 2.22. The van der Waals surface area contributed by atoms with Crippen LogP contribution in [0.3, 0.4) is 0 Å². The maximum absolute atomic E-state index is 6.11. The molecule has 5 heteroatoms. The first-order valence-corrected chi connectivity index (χ1v) is 7.80. The van der Waals surface area contributed by atoms with E-state index in [9.17, 15) is 0 Å². The second kappa shape index (κ2) is 7.99. The van der Waals surface area contributed by atoms with E-state index in [0.29, 0.717) is 5.16 Å². The van der Waals surface area contributed by atoms with Gasteiger partial charge in [0.15, 0.2) is 0 Å². The number of ether oxygens (including phenoxy) is 2. The van der Waals surface area contributed by atoms with Gasteiger partial charge in [-0.2, -0.15) is 9.98 Å². The van der Waals surface area contributed by atoms with Crippen molar-refractivity contribution in [3.8, 4) is 5.75 Å². The number of benzene rings is 1. The van der Waals surface area contributed by atoms with Crippen molar-refractivity contribution in [2.75, 3.05) is 13.7 Å². The minimum atomic E-state index is 0.283. The van der Waals surface area contributed by atoms with Crippen LogP contribution < -0.4 is 4.74 Å². The molecule has 0 saturated carbocycles. The summed E-state index contributed by atoms with van der Waals surface area (Å²) in [6, 6.07) is 8.24. The van der Waals surface area contributed by atoms with Crippen molar-refractivity contribution >= 4 is 23.3 Å². The molecule has 4 nitrogen and oxygen atoms in total. The topological polar surface area (TPSA) is 43.2 Å². The first-order chi connectivity index (χ1) is 10.6. The van der Waals surface area contributed by atoms with Crippen molar-refractivity contribution in [2.45, 2.75) is 33.1 Å². The number of hydrogen-bond donors (Lipinski definition) is 0. The number of amidine groups is 1. The van der Waals surface area contributed by atoms with Crippen LogP contribution in [0.5, 0.6) is 5.75 Å². The smallest absolute Gasteiger partial charge is 0.317 e. The molecule has 0 aliphatic carbocycles. The summed E-state index contributed by atoms with van der Waals surface area (Å²) < 4.78 is 10.8. The lowest BCUT2D eigenvalue weighted by atomic mass is 10.0. The summed E-state index contributed by atoms with van der Waals surface area (Å²) in [5, 5.41) is 0.461. The molecule has 1 aromatic rings. The van der Waals surface area contributed by atoms with Crippen molar-refractivity contribution in [2.24, 2.45) is 9.98 Å². The van der Waals surface area contributed by atoms with Crippen molar-refractivity contribution in [1.29, 1.82) is 0 Å². The largest absolute Gasteiger partial charge is 0.494 e. The van der Waals surface area contributed by atoms with E-state index in [1.165, 1.54) is 0 Å². The van der Waals surface area contributed by atoms with E-state index in [0.717, 1.165) is 48.5 Å². The zero-order chi connectivity index (χ0) is 15.9. The van der Waals surface area contributed by atoms with Crippen LogP contribution >= 0.6 is 11.6 Å². The van der Waals surface area contributed by atoms with Gasteiger partial charge in [0.25, 0.3) is 0 Å². The lowest BCUT2D eigenvalue weighted by Gasteiger charge is -2.12. The highest BCUT2D eigenvalue weighted by Gasteiger charge is 2.12. The van der Waals surface area contributed by atoms with E-state index < -0.39 is 0 Å². The Morgan fingerprint density at radius 2 is 1.86 bits per heavy atom. The van der Waals surface area contributed by atoms with E-state index in [1.54, 1.807) is 7.11 Å². The molecule has 0 N–H and O–H groups in total. The molecular weight excluding hydrogens is 300 g/mol. The predicted octanol–water partition coefficient (Wildman–Crippen LogP) is 4.53. The molecule has 0 bridgehead atoms. The highest BCUT2D eigenvalue weighted by molar-refractivity contribution is 6.30. The maximum Gasteiger partial charge on any atom is 0.317 e.